The minimum Gasteiger partial charge on any atom is -0.493 e. The normalized spacial score (nSPS) is 10.5. The molecule has 1 N–H and O–H groups in total. The Kier molecular flexibility index (Phi) is 6.03. The Labute approximate surface area is 184 Å². The van der Waals surface area contributed by atoms with E-state index in [1.54, 1.807) is 36.4 Å². The predicted molar refractivity (Wildman–Crippen MR) is 119 cm³/mol. The van der Waals surface area contributed by atoms with Crippen LogP contribution in [-0.4, -0.2) is 37.4 Å². The minimum absolute atomic E-state index is 0.318. The lowest BCUT2D eigenvalue weighted by molar-refractivity contribution is 0.102. The lowest BCUT2D eigenvalue weighted by Crippen LogP contribution is -2.12. The maximum atomic E-state index is 12.8. The molecule has 8 nitrogen and oxygen atoms in total. The zero-order chi connectivity index (χ0) is 22.5. The maximum Gasteiger partial charge on any atom is 0.258 e. The van der Waals surface area contributed by atoms with Gasteiger partial charge in [-0.2, -0.15) is 4.98 Å². The van der Waals surface area contributed by atoms with Crippen LogP contribution in [0.1, 0.15) is 10.4 Å². The molecule has 0 aliphatic rings. The molecule has 0 aliphatic carbocycles. The molecule has 1 amide bonds. The van der Waals surface area contributed by atoms with Crippen LogP contribution in [0.2, 0.25) is 0 Å². The monoisotopic (exact) mass is 431 g/mol. The number of aromatic nitrogens is 2. The number of hydrogen-bond acceptors (Lipinski definition) is 7. The average molecular weight is 431 g/mol. The number of amides is 1. The first kappa shape index (κ1) is 20.9. The third-order valence-corrected chi connectivity index (χ3v) is 4.77. The molecule has 32 heavy (non-hydrogen) atoms. The summed E-state index contributed by atoms with van der Waals surface area (Å²) < 4.78 is 21.3. The first-order chi connectivity index (χ1) is 15.6. The molecule has 0 atom stereocenters. The third kappa shape index (κ3) is 4.24. The molecule has 162 valence electrons. The van der Waals surface area contributed by atoms with Crippen molar-refractivity contribution in [1.82, 2.24) is 10.1 Å². The summed E-state index contributed by atoms with van der Waals surface area (Å²) in [5.41, 5.74) is 2.59. The van der Waals surface area contributed by atoms with Gasteiger partial charge in [0.05, 0.1) is 21.3 Å². The Hall–Kier alpha value is -4.33. The van der Waals surface area contributed by atoms with Gasteiger partial charge >= 0.3 is 0 Å². The van der Waals surface area contributed by atoms with Crippen molar-refractivity contribution in [3.8, 4) is 40.1 Å². The summed E-state index contributed by atoms with van der Waals surface area (Å²) >= 11 is 0. The first-order valence-corrected chi connectivity index (χ1v) is 9.74. The van der Waals surface area contributed by atoms with Crippen LogP contribution in [0.4, 0.5) is 5.69 Å². The molecule has 0 radical (unpaired) electrons. The van der Waals surface area contributed by atoms with E-state index in [1.807, 2.05) is 30.3 Å². The first-order valence-electron chi connectivity index (χ1n) is 9.74. The summed E-state index contributed by atoms with van der Waals surface area (Å²) in [6, 6.07) is 19.9. The fraction of sp³-hybridized carbons (Fsp3) is 0.125. The number of benzene rings is 3. The van der Waals surface area contributed by atoms with Crippen molar-refractivity contribution in [2.45, 2.75) is 0 Å². The van der Waals surface area contributed by atoms with E-state index in [4.69, 9.17) is 18.7 Å². The number of nitrogens with zero attached hydrogens (tertiary/aromatic N) is 2. The highest BCUT2D eigenvalue weighted by molar-refractivity contribution is 6.05. The summed E-state index contributed by atoms with van der Waals surface area (Å²) in [4.78, 5) is 17.2. The fourth-order valence-electron chi connectivity index (χ4n) is 3.16. The van der Waals surface area contributed by atoms with Crippen LogP contribution in [0.25, 0.3) is 22.8 Å². The van der Waals surface area contributed by atoms with E-state index >= 15 is 0 Å². The standard InChI is InChI=1S/C24H21N3O5/c1-29-19-13-17(14-20(30-2)21(19)31-3)23(28)25-18-11-9-16(10-12-18)24-26-22(27-32-24)15-7-5-4-6-8-15/h4-14H,1-3H3,(H,25,28). The lowest BCUT2D eigenvalue weighted by atomic mass is 10.1. The van der Waals surface area contributed by atoms with Gasteiger partial charge in [-0.3, -0.25) is 4.79 Å². The van der Waals surface area contributed by atoms with Gasteiger partial charge in [0.15, 0.2) is 11.5 Å². The Morgan fingerprint density at radius 2 is 1.50 bits per heavy atom. The smallest absolute Gasteiger partial charge is 0.258 e. The van der Waals surface area contributed by atoms with Gasteiger partial charge < -0.3 is 24.1 Å². The molecule has 1 heterocycles. The SMILES string of the molecule is COc1cc(C(=O)Nc2ccc(-c3nc(-c4ccccc4)no3)cc2)cc(OC)c1OC. The average Bonchev–Trinajstić information content (AvgIpc) is 3.34. The van der Waals surface area contributed by atoms with Crippen molar-refractivity contribution in [2.75, 3.05) is 26.6 Å². The topological polar surface area (TPSA) is 95.7 Å². The van der Waals surface area contributed by atoms with Gasteiger partial charge in [-0.05, 0) is 36.4 Å². The number of nitrogens with one attached hydrogen (secondary N) is 1. The van der Waals surface area contributed by atoms with E-state index in [1.165, 1.54) is 21.3 Å². The molecular formula is C24H21N3O5. The van der Waals surface area contributed by atoms with Gasteiger partial charge in [0.1, 0.15) is 0 Å². The highest BCUT2D eigenvalue weighted by atomic mass is 16.5. The molecule has 3 aromatic carbocycles. The highest BCUT2D eigenvalue weighted by Crippen LogP contribution is 2.38. The Balaban J connectivity index is 1.51. The largest absolute Gasteiger partial charge is 0.493 e. The van der Waals surface area contributed by atoms with Gasteiger partial charge in [-0.25, -0.2) is 0 Å². The molecular weight excluding hydrogens is 410 g/mol. The molecule has 0 unspecified atom stereocenters. The lowest BCUT2D eigenvalue weighted by Gasteiger charge is -2.14. The van der Waals surface area contributed by atoms with Crippen LogP contribution < -0.4 is 19.5 Å². The van der Waals surface area contributed by atoms with Gasteiger partial charge in [-0.1, -0.05) is 35.5 Å². The van der Waals surface area contributed by atoms with Crippen molar-refractivity contribution in [1.29, 1.82) is 0 Å². The zero-order valence-electron chi connectivity index (χ0n) is 17.8. The second-order valence-electron chi connectivity index (χ2n) is 6.73. The molecule has 4 rings (SSSR count). The van der Waals surface area contributed by atoms with E-state index in [-0.39, 0.29) is 5.91 Å². The quantitative estimate of drug-likeness (QED) is 0.454. The van der Waals surface area contributed by atoms with Crippen LogP contribution in [0, 0.1) is 0 Å². The molecule has 1 aromatic heterocycles. The number of ether oxygens (including phenoxy) is 3. The fourth-order valence-corrected chi connectivity index (χ4v) is 3.16. The summed E-state index contributed by atoms with van der Waals surface area (Å²) in [5, 5.41) is 6.88. The van der Waals surface area contributed by atoms with Gasteiger partial charge in [0.2, 0.25) is 11.6 Å². The van der Waals surface area contributed by atoms with Crippen molar-refractivity contribution in [3.05, 3.63) is 72.3 Å². The molecule has 0 aliphatic heterocycles. The summed E-state index contributed by atoms with van der Waals surface area (Å²) in [6.07, 6.45) is 0. The van der Waals surface area contributed by atoms with Gasteiger partial charge in [0, 0.05) is 22.4 Å². The maximum absolute atomic E-state index is 12.8. The Bertz CT molecular complexity index is 1200. The number of methoxy groups -OCH3 is 3. The van der Waals surface area contributed by atoms with E-state index in [2.05, 4.69) is 15.5 Å². The number of hydrogen-bond donors (Lipinski definition) is 1. The van der Waals surface area contributed by atoms with E-state index < -0.39 is 0 Å². The third-order valence-electron chi connectivity index (χ3n) is 4.77. The molecule has 8 heteroatoms. The number of carbonyl (C=O) groups excluding carboxylic acids is 1. The number of anilines is 1. The van der Waals surface area contributed by atoms with Crippen LogP contribution in [-0.2, 0) is 0 Å². The predicted octanol–water partition coefficient (Wildman–Crippen LogP) is 4.68. The van der Waals surface area contributed by atoms with Gasteiger partial charge in [0.25, 0.3) is 11.8 Å². The van der Waals surface area contributed by atoms with Crippen molar-refractivity contribution < 1.29 is 23.5 Å². The van der Waals surface area contributed by atoms with Crippen molar-refractivity contribution in [3.63, 3.8) is 0 Å². The van der Waals surface area contributed by atoms with Crippen LogP contribution in [0.5, 0.6) is 17.2 Å². The highest BCUT2D eigenvalue weighted by Gasteiger charge is 2.17. The number of carbonyl (C=O) groups is 1. The van der Waals surface area contributed by atoms with Crippen molar-refractivity contribution >= 4 is 11.6 Å². The van der Waals surface area contributed by atoms with Crippen LogP contribution in [0.15, 0.2) is 71.3 Å². The van der Waals surface area contributed by atoms with E-state index in [9.17, 15) is 4.79 Å². The number of rotatable bonds is 7. The Morgan fingerprint density at radius 3 is 2.09 bits per heavy atom. The summed E-state index contributed by atoms with van der Waals surface area (Å²) in [6.45, 7) is 0. The zero-order valence-corrected chi connectivity index (χ0v) is 17.8. The summed E-state index contributed by atoms with van der Waals surface area (Å²) in [5.74, 6) is 1.81. The van der Waals surface area contributed by atoms with Gasteiger partial charge in [-0.15, -0.1) is 0 Å². The second-order valence-corrected chi connectivity index (χ2v) is 6.73. The van der Waals surface area contributed by atoms with Crippen molar-refractivity contribution in [2.24, 2.45) is 0 Å². The molecule has 0 fully saturated rings. The molecule has 0 saturated heterocycles. The van der Waals surface area contributed by atoms with Crippen LogP contribution in [0.3, 0.4) is 0 Å². The van der Waals surface area contributed by atoms with E-state index in [0.717, 1.165) is 11.1 Å². The summed E-state index contributed by atoms with van der Waals surface area (Å²) in [7, 11) is 4.50. The molecule has 0 bridgehead atoms. The van der Waals surface area contributed by atoms with E-state index in [0.29, 0.717) is 40.2 Å². The molecule has 0 saturated carbocycles. The van der Waals surface area contributed by atoms with Crippen LogP contribution >= 0.6 is 0 Å². The Morgan fingerprint density at radius 1 is 0.844 bits per heavy atom. The second kappa shape index (κ2) is 9.22. The molecule has 4 aromatic rings. The molecule has 0 spiro atoms. The minimum atomic E-state index is -0.318.